The van der Waals surface area contributed by atoms with Crippen LogP contribution in [0.2, 0.25) is 0 Å². The van der Waals surface area contributed by atoms with Crippen molar-refractivity contribution in [3.63, 3.8) is 0 Å². The van der Waals surface area contributed by atoms with Crippen molar-refractivity contribution >= 4 is 33.8 Å². The van der Waals surface area contributed by atoms with Crippen LogP contribution in [-0.4, -0.2) is 45.3 Å². The minimum Gasteiger partial charge on any atom is -0.493 e. The molecule has 0 bridgehead atoms. The van der Waals surface area contributed by atoms with Crippen molar-refractivity contribution in [2.45, 2.75) is 0 Å². The molecule has 3 aromatic rings. The topological polar surface area (TPSA) is 114 Å². The third-order valence-electron chi connectivity index (χ3n) is 4.60. The number of methoxy groups -OCH3 is 3. The van der Waals surface area contributed by atoms with Crippen molar-refractivity contribution in [3.05, 3.63) is 40.8 Å². The number of nitrogens with one attached hydrogen (secondary N) is 1. The number of hydrogen-bond acceptors (Lipinski definition) is 10. The van der Waals surface area contributed by atoms with Crippen LogP contribution in [-0.2, 0) is 0 Å². The summed E-state index contributed by atoms with van der Waals surface area (Å²) in [5.41, 5.74) is 7.09. The molecule has 10 heteroatoms. The second-order valence-electron chi connectivity index (χ2n) is 6.43. The van der Waals surface area contributed by atoms with Gasteiger partial charge in [0.15, 0.2) is 28.1 Å². The van der Waals surface area contributed by atoms with Gasteiger partial charge in [-0.3, -0.25) is 4.79 Å². The SMILES string of the molecule is COc1ccc(C(=O)c2sc(Nc3ccc4c(c3)OCCO4)nc2N)c(OC)c1OC. The quantitative estimate of drug-likeness (QED) is 0.530. The third kappa shape index (κ3) is 3.89. The van der Waals surface area contributed by atoms with Crippen molar-refractivity contribution in [1.82, 2.24) is 4.98 Å². The Morgan fingerprint density at radius 2 is 1.77 bits per heavy atom. The van der Waals surface area contributed by atoms with Crippen LogP contribution < -0.4 is 34.7 Å². The molecule has 0 amide bonds. The maximum atomic E-state index is 13.2. The molecule has 162 valence electrons. The standard InChI is InChI=1S/C21H21N3O6S/c1-26-14-7-5-12(17(27-2)18(14)28-3)16(25)19-20(22)24-21(31-19)23-11-4-6-13-15(10-11)30-9-8-29-13/h4-7,10H,8-9,22H2,1-3H3,(H,23,24). The second kappa shape index (κ2) is 8.60. The summed E-state index contributed by atoms with van der Waals surface area (Å²) in [5.74, 6) is 2.16. The van der Waals surface area contributed by atoms with Crippen molar-refractivity contribution in [3.8, 4) is 28.7 Å². The lowest BCUT2D eigenvalue weighted by atomic mass is 10.1. The first kappa shape index (κ1) is 20.6. The number of hydrogen-bond donors (Lipinski definition) is 2. The molecule has 0 spiro atoms. The van der Waals surface area contributed by atoms with Crippen molar-refractivity contribution in [1.29, 1.82) is 0 Å². The van der Waals surface area contributed by atoms with E-state index in [9.17, 15) is 4.79 Å². The van der Waals surface area contributed by atoms with Gasteiger partial charge in [-0.05, 0) is 24.3 Å². The molecule has 0 fully saturated rings. The van der Waals surface area contributed by atoms with Crippen LogP contribution in [0.25, 0.3) is 0 Å². The van der Waals surface area contributed by atoms with Crippen LogP contribution in [0.4, 0.5) is 16.6 Å². The molecule has 2 aromatic carbocycles. The van der Waals surface area contributed by atoms with Gasteiger partial charge in [-0.2, -0.15) is 0 Å². The average molecular weight is 443 g/mol. The molecule has 1 aromatic heterocycles. The van der Waals surface area contributed by atoms with Crippen molar-refractivity contribution in [2.24, 2.45) is 0 Å². The first-order valence-corrected chi connectivity index (χ1v) is 10.1. The summed E-state index contributed by atoms with van der Waals surface area (Å²) in [6, 6.07) is 8.71. The Morgan fingerprint density at radius 1 is 1.03 bits per heavy atom. The average Bonchev–Trinajstić information content (AvgIpc) is 3.16. The Kier molecular flexibility index (Phi) is 5.72. The lowest BCUT2D eigenvalue weighted by Crippen LogP contribution is -2.15. The van der Waals surface area contributed by atoms with Crippen molar-refractivity contribution < 1.29 is 28.5 Å². The molecule has 4 rings (SSSR count). The smallest absolute Gasteiger partial charge is 0.210 e. The van der Waals surface area contributed by atoms with E-state index in [0.717, 1.165) is 17.0 Å². The van der Waals surface area contributed by atoms with Crippen LogP contribution in [0.5, 0.6) is 28.7 Å². The monoisotopic (exact) mass is 443 g/mol. The highest BCUT2D eigenvalue weighted by Crippen LogP contribution is 2.42. The number of fused-ring (bicyclic) bond motifs is 1. The van der Waals surface area contributed by atoms with Gasteiger partial charge in [-0.25, -0.2) is 4.98 Å². The summed E-state index contributed by atoms with van der Waals surface area (Å²) in [5, 5.41) is 3.62. The summed E-state index contributed by atoms with van der Waals surface area (Å²) < 4.78 is 27.2. The van der Waals surface area contributed by atoms with Gasteiger partial charge < -0.3 is 34.7 Å². The summed E-state index contributed by atoms with van der Waals surface area (Å²) in [7, 11) is 4.44. The van der Waals surface area contributed by atoms with E-state index in [-0.39, 0.29) is 22.2 Å². The Balaban J connectivity index is 1.63. The summed E-state index contributed by atoms with van der Waals surface area (Å²) in [6.07, 6.45) is 0. The number of ether oxygens (including phenoxy) is 5. The number of carbonyl (C=O) groups is 1. The molecule has 9 nitrogen and oxygen atoms in total. The predicted molar refractivity (Wildman–Crippen MR) is 117 cm³/mol. The zero-order chi connectivity index (χ0) is 22.0. The number of thiazole rings is 1. The number of rotatable bonds is 7. The largest absolute Gasteiger partial charge is 0.493 e. The molecule has 3 N–H and O–H groups in total. The van der Waals surface area contributed by atoms with Gasteiger partial charge in [0.2, 0.25) is 11.5 Å². The van der Waals surface area contributed by atoms with E-state index in [2.05, 4.69) is 10.3 Å². The number of carbonyl (C=O) groups excluding carboxylic acids is 1. The highest BCUT2D eigenvalue weighted by atomic mass is 32.1. The molecule has 0 atom stereocenters. The maximum Gasteiger partial charge on any atom is 0.210 e. The normalized spacial score (nSPS) is 12.2. The lowest BCUT2D eigenvalue weighted by molar-refractivity contribution is 0.103. The van der Waals surface area contributed by atoms with Crippen LogP contribution in [0.1, 0.15) is 15.2 Å². The van der Waals surface area contributed by atoms with E-state index in [1.807, 2.05) is 18.2 Å². The number of nitrogen functional groups attached to an aromatic ring is 1. The maximum absolute atomic E-state index is 13.2. The highest BCUT2D eigenvalue weighted by molar-refractivity contribution is 7.18. The number of anilines is 3. The molecular weight excluding hydrogens is 422 g/mol. The van der Waals surface area contributed by atoms with E-state index >= 15 is 0 Å². The molecule has 1 aliphatic heterocycles. The minimum atomic E-state index is -0.331. The number of benzene rings is 2. The van der Waals surface area contributed by atoms with Crippen molar-refractivity contribution in [2.75, 3.05) is 45.6 Å². The van der Waals surface area contributed by atoms with Gasteiger partial charge in [0.05, 0.1) is 26.9 Å². The van der Waals surface area contributed by atoms with Crippen LogP contribution >= 0.6 is 11.3 Å². The molecule has 0 unspecified atom stereocenters. The zero-order valence-corrected chi connectivity index (χ0v) is 18.0. The fraction of sp³-hybridized carbons (Fsp3) is 0.238. The molecule has 31 heavy (non-hydrogen) atoms. The van der Waals surface area contributed by atoms with E-state index in [0.29, 0.717) is 46.9 Å². The molecule has 1 aliphatic rings. The van der Waals surface area contributed by atoms with Gasteiger partial charge >= 0.3 is 0 Å². The molecule has 0 saturated carbocycles. The number of ketones is 1. The molecular formula is C21H21N3O6S. The lowest BCUT2D eigenvalue weighted by Gasteiger charge is -2.18. The zero-order valence-electron chi connectivity index (χ0n) is 17.2. The van der Waals surface area contributed by atoms with Gasteiger partial charge in [-0.1, -0.05) is 11.3 Å². The second-order valence-corrected chi connectivity index (χ2v) is 7.43. The number of aromatic nitrogens is 1. The highest BCUT2D eigenvalue weighted by Gasteiger charge is 2.25. The van der Waals surface area contributed by atoms with Gasteiger partial charge in [-0.15, -0.1) is 0 Å². The summed E-state index contributed by atoms with van der Waals surface area (Å²) >= 11 is 1.14. The first-order valence-electron chi connectivity index (χ1n) is 9.32. The van der Waals surface area contributed by atoms with Crippen LogP contribution in [0, 0.1) is 0 Å². The van der Waals surface area contributed by atoms with Gasteiger partial charge in [0, 0.05) is 11.8 Å². The summed E-state index contributed by atoms with van der Waals surface area (Å²) in [6.45, 7) is 1.01. The molecule has 0 radical (unpaired) electrons. The fourth-order valence-corrected chi connectivity index (χ4v) is 4.05. The molecule has 0 aliphatic carbocycles. The number of nitrogens with two attached hydrogens (primary N) is 1. The van der Waals surface area contributed by atoms with E-state index in [4.69, 9.17) is 29.4 Å². The Bertz CT molecular complexity index is 1130. The Morgan fingerprint density at radius 3 is 2.48 bits per heavy atom. The molecule has 0 saturated heterocycles. The predicted octanol–water partition coefficient (Wildman–Crippen LogP) is 3.50. The van der Waals surface area contributed by atoms with E-state index < -0.39 is 0 Å². The van der Waals surface area contributed by atoms with E-state index in [1.54, 1.807) is 12.1 Å². The Hall–Kier alpha value is -3.66. The third-order valence-corrected chi connectivity index (χ3v) is 5.59. The number of nitrogens with zero attached hydrogens (tertiary/aromatic N) is 1. The van der Waals surface area contributed by atoms with Crippen LogP contribution in [0.3, 0.4) is 0 Å². The first-order chi connectivity index (χ1) is 15.0. The molecule has 2 heterocycles. The summed E-state index contributed by atoms with van der Waals surface area (Å²) in [4.78, 5) is 17.8. The van der Waals surface area contributed by atoms with Gasteiger partial charge in [0.1, 0.15) is 23.9 Å². The van der Waals surface area contributed by atoms with E-state index in [1.165, 1.54) is 21.3 Å². The Labute approximate surface area is 182 Å². The fourth-order valence-electron chi connectivity index (χ4n) is 3.20. The van der Waals surface area contributed by atoms with Crippen LogP contribution in [0.15, 0.2) is 30.3 Å². The minimum absolute atomic E-state index is 0.117. The van der Waals surface area contributed by atoms with Gasteiger partial charge in [0.25, 0.3) is 0 Å².